The first kappa shape index (κ1) is 23.3. The normalized spacial score (nSPS) is 14.9. The molecule has 3 amide bonds. The highest BCUT2D eigenvalue weighted by atomic mass is 16.3. The summed E-state index contributed by atoms with van der Waals surface area (Å²) in [7, 11) is 0. The highest BCUT2D eigenvalue weighted by molar-refractivity contribution is 5.98. The number of benzene rings is 2. The molecule has 1 aliphatic heterocycles. The Kier molecular flexibility index (Phi) is 7.42. The van der Waals surface area contributed by atoms with E-state index in [0.717, 1.165) is 5.56 Å². The second-order valence-corrected chi connectivity index (χ2v) is 8.56. The molecule has 3 aromatic rings. The van der Waals surface area contributed by atoms with E-state index >= 15 is 0 Å². The number of nitrogens with zero attached hydrogens (tertiary/aromatic N) is 1. The molecule has 176 valence electrons. The summed E-state index contributed by atoms with van der Waals surface area (Å²) in [5.74, 6) is -0.00413. The number of amides is 3. The lowest BCUT2D eigenvalue weighted by atomic mass is 9.88. The number of carbonyl (C=O) groups excluding carboxylic acids is 3. The van der Waals surface area contributed by atoms with E-state index in [2.05, 4.69) is 10.6 Å². The molecule has 1 atom stereocenters. The fourth-order valence-electron chi connectivity index (χ4n) is 4.33. The number of furan rings is 1. The molecule has 1 aromatic heterocycles. The first-order valence-electron chi connectivity index (χ1n) is 11.5. The van der Waals surface area contributed by atoms with Crippen LogP contribution in [-0.2, 0) is 11.3 Å². The van der Waals surface area contributed by atoms with Gasteiger partial charge in [-0.15, -0.1) is 0 Å². The Balaban J connectivity index is 1.44. The van der Waals surface area contributed by atoms with Crippen molar-refractivity contribution in [2.75, 3.05) is 13.1 Å². The number of nitrogens with one attached hydrogen (secondary N) is 2. The van der Waals surface area contributed by atoms with Gasteiger partial charge in [-0.25, -0.2) is 0 Å². The molecule has 7 nitrogen and oxygen atoms in total. The largest absolute Gasteiger partial charge is 0.467 e. The quantitative estimate of drug-likeness (QED) is 0.565. The van der Waals surface area contributed by atoms with Gasteiger partial charge in [0.05, 0.1) is 12.8 Å². The van der Waals surface area contributed by atoms with E-state index in [-0.39, 0.29) is 30.2 Å². The van der Waals surface area contributed by atoms with Crippen LogP contribution < -0.4 is 10.6 Å². The molecule has 2 N–H and O–H groups in total. The third-order valence-corrected chi connectivity index (χ3v) is 6.30. The lowest BCUT2D eigenvalue weighted by Crippen LogP contribution is -2.53. The smallest absolute Gasteiger partial charge is 0.254 e. The minimum absolute atomic E-state index is 0.00342. The molecule has 2 aromatic carbocycles. The molecule has 0 radical (unpaired) electrons. The fourth-order valence-corrected chi connectivity index (χ4v) is 4.33. The van der Waals surface area contributed by atoms with Crippen LogP contribution in [0.3, 0.4) is 0 Å². The zero-order valence-corrected chi connectivity index (χ0v) is 19.2. The van der Waals surface area contributed by atoms with Gasteiger partial charge in [-0.3, -0.25) is 14.4 Å². The molecule has 0 bridgehead atoms. The van der Waals surface area contributed by atoms with Crippen LogP contribution in [0, 0.1) is 12.8 Å². The van der Waals surface area contributed by atoms with Gasteiger partial charge in [0.25, 0.3) is 11.8 Å². The van der Waals surface area contributed by atoms with Crippen LogP contribution in [0.2, 0.25) is 0 Å². The van der Waals surface area contributed by atoms with Crippen LogP contribution in [0.15, 0.2) is 77.4 Å². The molecule has 7 heteroatoms. The van der Waals surface area contributed by atoms with Crippen molar-refractivity contribution in [1.82, 2.24) is 15.5 Å². The summed E-state index contributed by atoms with van der Waals surface area (Å²) >= 11 is 0. The molecule has 34 heavy (non-hydrogen) atoms. The van der Waals surface area contributed by atoms with Gasteiger partial charge in [0, 0.05) is 24.2 Å². The summed E-state index contributed by atoms with van der Waals surface area (Å²) < 4.78 is 5.31. The van der Waals surface area contributed by atoms with Crippen LogP contribution in [0.25, 0.3) is 0 Å². The molecular weight excluding hydrogens is 430 g/mol. The average molecular weight is 460 g/mol. The van der Waals surface area contributed by atoms with E-state index in [1.54, 1.807) is 42.7 Å². The van der Waals surface area contributed by atoms with Crippen LogP contribution in [0.4, 0.5) is 0 Å². The molecule has 0 aliphatic carbocycles. The van der Waals surface area contributed by atoms with Gasteiger partial charge in [-0.1, -0.05) is 36.4 Å². The maximum atomic E-state index is 13.1. The molecule has 0 saturated carbocycles. The van der Waals surface area contributed by atoms with E-state index in [1.165, 1.54) is 0 Å². The van der Waals surface area contributed by atoms with Gasteiger partial charge >= 0.3 is 0 Å². The predicted molar refractivity (Wildman–Crippen MR) is 128 cm³/mol. The molecule has 1 fully saturated rings. The Labute approximate surface area is 199 Å². The van der Waals surface area contributed by atoms with E-state index in [1.807, 2.05) is 42.2 Å². The Morgan fingerprint density at radius 2 is 1.68 bits per heavy atom. The molecule has 1 saturated heterocycles. The van der Waals surface area contributed by atoms with E-state index < -0.39 is 6.04 Å². The third-order valence-electron chi connectivity index (χ3n) is 6.30. The Hall–Kier alpha value is -3.87. The van der Waals surface area contributed by atoms with Crippen LogP contribution in [0.5, 0.6) is 0 Å². The Morgan fingerprint density at radius 1 is 0.971 bits per heavy atom. The topological polar surface area (TPSA) is 91.7 Å². The number of hydrogen-bond acceptors (Lipinski definition) is 4. The summed E-state index contributed by atoms with van der Waals surface area (Å²) in [4.78, 5) is 40.8. The predicted octanol–water partition coefficient (Wildman–Crippen LogP) is 3.56. The Morgan fingerprint density at radius 3 is 2.35 bits per heavy atom. The number of piperidine rings is 1. The number of carbonyl (C=O) groups is 3. The van der Waals surface area contributed by atoms with Gasteiger partial charge in [0.15, 0.2) is 0 Å². The van der Waals surface area contributed by atoms with Crippen molar-refractivity contribution in [2.45, 2.75) is 32.4 Å². The average Bonchev–Trinajstić information content (AvgIpc) is 3.40. The van der Waals surface area contributed by atoms with Crippen LogP contribution in [-0.4, -0.2) is 41.8 Å². The minimum Gasteiger partial charge on any atom is -0.467 e. The van der Waals surface area contributed by atoms with E-state index in [4.69, 9.17) is 4.42 Å². The standard InChI is InChI=1S/C27H29N3O4/c1-19-8-5-6-12-23(19)27(33)30-15-13-20(14-16-30)24(26(32)28-18-22-11-7-17-34-22)29-25(31)21-9-3-2-4-10-21/h2-12,17,20,24H,13-16,18H2,1H3,(H,28,32)(H,29,31)/t24-/m1/s1. The number of hydrogen-bond donors (Lipinski definition) is 2. The molecule has 4 rings (SSSR count). The maximum absolute atomic E-state index is 13.1. The van der Waals surface area contributed by atoms with Gasteiger partial charge in [-0.05, 0) is 61.6 Å². The minimum atomic E-state index is -0.710. The SMILES string of the molecule is Cc1ccccc1C(=O)N1CCC([C@@H](NC(=O)c2ccccc2)C(=O)NCc2ccco2)CC1. The van der Waals surface area contributed by atoms with E-state index in [9.17, 15) is 14.4 Å². The molecule has 0 unspecified atom stereocenters. The summed E-state index contributed by atoms with van der Waals surface area (Å²) in [6.45, 7) is 3.23. The summed E-state index contributed by atoms with van der Waals surface area (Å²) in [5, 5.41) is 5.81. The lowest BCUT2D eigenvalue weighted by Gasteiger charge is -2.36. The van der Waals surface area contributed by atoms with Crippen molar-refractivity contribution in [3.8, 4) is 0 Å². The second kappa shape index (κ2) is 10.8. The lowest BCUT2D eigenvalue weighted by molar-refractivity contribution is -0.124. The van der Waals surface area contributed by atoms with Gasteiger partial charge < -0.3 is 20.0 Å². The van der Waals surface area contributed by atoms with Crippen molar-refractivity contribution in [3.05, 3.63) is 95.4 Å². The molecular formula is C27H29N3O4. The van der Waals surface area contributed by atoms with Gasteiger partial charge in [-0.2, -0.15) is 0 Å². The highest BCUT2D eigenvalue weighted by Crippen LogP contribution is 2.24. The first-order valence-corrected chi connectivity index (χ1v) is 11.5. The maximum Gasteiger partial charge on any atom is 0.254 e. The summed E-state index contributed by atoms with van der Waals surface area (Å²) in [6, 6.07) is 19.2. The monoisotopic (exact) mass is 459 g/mol. The van der Waals surface area contributed by atoms with Crippen molar-refractivity contribution < 1.29 is 18.8 Å². The number of likely N-dealkylation sites (tertiary alicyclic amines) is 1. The fraction of sp³-hybridized carbons (Fsp3) is 0.296. The zero-order chi connectivity index (χ0) is 23.9. The van der Waals surface area contributed by atoms with Gasteiger partial charge in [0.1, 0.15) is 11.8 Å². The molecule has 1 aliphatic rings. The number of aryl methyl sites for hydroxylation is 1. The van der Waals surface area contributed by atoms with E-state index in [0.29, 0.717) is 42.8 Å². The summed E-state index contributed by atoms with van der Waals surface area (Å²) in [5.41, 5.74) is 2.14. The van der Waals surface area contributed by atoms with Crippen molar-refractivity contribution >= 4 is 17.7 Å². The first-order chi connectivity index (χ1) is 16.5. The second-order valence-electron chi connectivity index (χ2n) is 8.56. The summed E-state index contributed by atoms with van der Waals surface area (Å²) in [6.07, 6.45) is 2.79. The molecule has 2 heterocycles. The van der Waals surface area contributed by atoms with Crippen molar-refractivity contribution in [2.24, 2.45) is 5.92 Å². The highest BCUT2D eigenvalue weighted by Gasteiger charge is 2.34. The zero-order valence-electron chi connectivity index (χ0n) is 19.2. The van der Waals surface area contributed by atoms with Crippen molar-refractivity contribution in [1.29, 1.82) is 0 Å². The van der Waals surface area contributed by atoms with Crippen molar-refractivity contribution in [3.63, 3.8) is 0 Å². The Bertz CT molecular complexity index is 1120. The van der Waals surface area contributed by atoms with Crippen LogP contribution in [0.1, 0.15) is 44.9 Å². The molecule has 0 spiro atoms. The van der Waals surface area contributed by atoms with Crippen LogP contribution >= 0.6 is 0 Å². The van der Waals surface area contributed by atoms with Gasteiger partial charge in [0.2, 0.25) is 5.91 Å². The third kappa shape index (κ3) is 5.54. The number of rotatable bonds is 7.